The van der Waals surface area contributed by atoms with Gasteiger partial charge in [-0.2, -0.15) is 0 Å². The van der Waals surface area contributed by atoms with Crippen molar-refractivity contribution in [3.05, 3.63) is 35.4 Å². The van der Waals surface area contributed by atoms with Gasteiger partial charge in [-0.3, -0.25) is 4.79 Å². The Morgan fingerprint density at radius 1 is 1.22 bits per heavy atom. The van der Waals surface area contributed by atoms with Crippen molar-refractivity contribution >= 4 is 11.9 Å². The number of carbonyl (C=O) groups is 2. The fraction of sp³-hybridized carbons (Fsp3) is 0.556. The molecule has 1 heterocycles. The first-order valence-electron chi connectivity index (χ1n) is 8.48. The predicted molar refractivity (Wildman–Crippen MR) is 89.2 cm³/mol. The van der Waals surface area contributed by atoms with Crippen LogP contribution < -0.4 is 10.6 Å². The number of hydrogen-bond donors (Lipinski definition) is 2. The number of carbonyl (C=O) groups excluding carboxylic acids is 2. The molecule has 2 fully saturated rings. The Morgan fingerprint density at radius 2 is 1.96 bits per heavy atom. The van der Waals surface area contributed by atoms with Gasteiger partial charge < -0.3 is 15.5 Å². The Hall–Kier alpha value is -2.04. The van der Waals surface area contributed by atoms with Crippen LogP contribution in [0.2, 0.25) is 0 Å². The molecule has 1 aliphatic heterocycles. The van der Waals surface area contributed by atoms with Crippen LogP contribution in [0.1, 0.15) is 36.8 Å². The van der Waals surface area contributed by atoms with Gasteiger partial charge in [0.2, 0.25) is 5.91 Å². The first-order valence-corrected chi connectivity index (χ1v) is 8.48. The van der Waals surface area contributed by atoms with E-state index in [1.54, 1.807) is 4.90 Å². The summed E-state index contributed by atoms with van der Waals surface area (Å²) in [5.41, 5.74) is 2.36. The van der Waals surface area contributed by atoms with Crippen molar-refractivity contribution in [1.82, 2.24) is 15.5 Å². The van der Waals surface area contributed by atoms with Crippen molar-refractivity contribution in [2.45, 2.75) is 38.6 Å². The van der Waals surface area contributed by atoms with Crippen LogP contribution in [0.3, 0.4) is 0 Å². The third-order valence-corrected chi connectivity index (χ3v) is 4.78. The zero-order valence-corrected chi connectivity index (χ0v) is 13.8. The van der Waals surface area contributed by atoms with Gasteiger partial charge in [-0.05, 0) is 37.8 Å². The maximum absolute atomic E-state index is 12.6. The molecule has 5 heteroatoms. The van der Waals surface area contributed by atoms with E-state index in [0.29, 0.717) is 25.7 Å². The Morgan fingerprint density at radius 3 is 2.61 bits per heavy atom. The first kappa shape index (κ1) is 15.8. The van der Waals surface area contributed by atoms with E-state index < -0.39 is 0 Å². The standard InChI is InChI=1S/C18H25N3O2/c1-3-19-18(23)21-10-15(14-7-5-4-6-12(14)2)16(11-21)17(22)20-13-8-9-13/h4-7,13,15-16H,3,8-11H2,1-2H3,(H,19,23)(H,20,22). The third-order valence-electron chi connectivity index (χ3n) is 4.78. The van der Waals surface area contributed by atoms with Crippen molar-refractivity contribution in [2.75, 3.05) is 19.6 Å². The fourth-order valence-corrected chi connectivity index (χ4v) is 3.35. The van der Waals surface area contributed by atoms with Crippen LogP contribution in [-0.4, -0.2) is 42.5 Å². The summed E-state index contributed by atoms with van der Waals surface area (Å²) in [5, 5.41) is 5.95. The van der Waals surface area contributed by atoms with Crippen molar-refractivity contribution in [3.8, 4) is 0 Å². The lowest BCUT2D eigenvalue weighted by molar-refractivity contribution is -0.125. The van der Waals surface area contributed by atoms with Crippen molar-refractivity contribution in [2.24, 2.45) is 5.92 Å². The van der Waals surface area contributed by atoms with Gasteiger partial charge in [0.05, 0.1) is 5.92 Å². The average Bonchev–Trinajstić information content (AvgIpc) is 3.23. The van der Waals surface area contributed by atoms with Crippen molar-refractivity contribution < 1.29 is 9.59 Å². The second-order valence-corrected chi connectivity index (χ2v) is 6.59. The lowest BCUT2D eigenvalue weighted by Crippen LogP contribution is -2.40. The molecule has 23 heavy (non-hydrogen) atoms. The number of likely N-dealkylation sites (tertiary alicyclic amines) is 1. The van der Waals surface area contributed by atoms with Gasteiger partial charge in [0.25, 0.3) is 0 Å². The van der Waals surface area contributed by atoms with E-state index >= 15 is 0 Å². The van der Waals surface area contributed by atoms with E-state index in [2.05, 4.69) is 29.7 Å². The maximum atomic E-state index is 12.6. The highest BCUT2D eigenvalue weighted by Crippen LogP contribution is 2.35. The highest BCUT2D eigenvalue weighted by atomic mass is 16.2. The molecule has 0 radical (unpaired) electrons. The van der Waals surface area contributed by atoms with E-state index in [0.717, 1.165) is 12.8 Å². The highest BCUT2D eigenvalue weighted by Gasteiger charge is 2.42. The number of amides is 3. The topological polar surface area (TPSA) is 61.4 Å². The number of nitrogens with zero attached hydrogens (tertiary/aromatic N) is 1. The van der Waals surface area contributed by atoms with Gasteiger partial charge in [0.15, 0.2) is 0 Å². The molecule has 2 aliphatic rings. The molecule has 2 unspecified atom stereocenters. The lowest BCUT2D eigenvalue weighted by atomic mass is 9.86. The first-order chi connectivity index (χ1) is 11.1. The second-order valence-electron chi connectivity index (χ2n) is 6.59. The maximum Gasteiger partial charge on any atom is 0.317 e. The monoisotopic (exact) mass is 315 g/mol. The van der Waals surface area contributed by atoms with E-state index in [4.69, 9.17) is 0 Å². The lowest BCUT2D eigenvalue weighted by Gasteiger charge is -2.19. The SMILES string of the molecule is CCNC(=O)N1CC(C(=O)NC2CC2)C(c2ccccc2C)C1. The summed E-state index contributed by atoms with van der Waals surface area (Å²) < 4.78 is 0. The minimum Gasteiger partial charge on any atom is -0.353 e. The van der Waals surface area contributed by atoms with Crippen LogP contribution in [-0.2, 0) is 4.79 Å². The second kappa shape index (κ2) is 6.60. The molecule has 0 aromatic heterocycles. The molecule has 1 aromatic rings. The summed E-state index contributed by atoms with van der Waals surface area (Å²) in [7, 11) is 0. The predicted octanol–water partition coefficient (Wildman–Crippen LogP) is 2.02. The average molecular weight is 315 g/mol. The van der Waals surface area contributed by atoms with Gasteiger partial charge in [0, 0.05) is 31.6 Å². The molecule has 124 valence electrons. The Labute approximate surface area is 137 Å². The molecular weight excluding hydrogens is 290 g/mol. The molecule has 1 saturated carbocycles. The number of aryl methyl sites for hydroxylation is 1. The van der Waals surface area contributed by atoms with Crippen LogP contribution in [0.15, 0.2) is 24.3 Å². The van der Waals surface area contributed by atoms with Crippen molar-refractivity contribution in [1.29, 1.82) is 0 Å². The molecule has 3 amide bonds. The molecule has 0 bridgehead atoms. The van der Waals surface area contributed by atoms with Crippen LogP contribution in [0.4, 0.5) is 4.79 Å². The van der Waals surface area contributed by atoms with Gasteiger partial charge in [-0.15, -0.1) is 0 Å². The zero-order chi connectivity index (χ0) is 16.4. The molecular formula is C18H25N3O2. The van der Waals surface area contributed by atoms with Gasteiger partial charge in [-0.25, -0.2) is 4.79 Å². The number of nitrogens with one attached hydrogen (secondary N) is 2. The van der Waals surface area contributed by atoms with Crippen LogP contribution in [0.25, 0.3) is 0 Å². The molecule has 2 N–H and O–H groups in total. The largest absolute Gasteiger partial charge is 0.353 e. The summed E-state index contributed by atoms with van der Waals surface area (Å²) in [6.45, 7) is 5.66. The van der Waals surface area contributed by atoms with E-state index in [1.165, 1.54) is 11.1 Å². The van der Waals surface area contributed by atoms with E-state index in [-0.39, 0.29) is 23.8 Å². The molecule has 2 atom stereocenters. The molecule has 1 aliphatic carbocycles. The summed E-state index contributed by atoms with van der Waals surface area (Å²) in [5.74, 6) is -0.00980. The van der Waals surface area contributed by atoms with E-state index in [1.807, 2.05) is 19.1 Å². The minimum atomic E-state index is -0.167. The Kier molecular flexibility index (Phi) is 4.55. The van der Waals surface area contributed by atoms with Gasteiger partial charge in [0.1, 0.15) is 0 Å². The fourth-order valence-electron chi connectivity index (χ4n) is 3.35. The number of benzene rings is 1. The summed E-state index contributed by atoms with van der Waals surface area (Å²) in [4.78, 5) is 26.6. The van der Waals surface area contributed by atoms with Crippen LogP contribution in [0.5, 0.6) is 0 Å². The van der Waals surface area contributed by atoms with Gasteiger partial charge in [-0.1, -0.05) is 24.3 Å². The molecule has 1 saturated heterocycles. The summed E-state index contributed by atoms with van der Waals surface area (Å²) in [6.07, 6.45) is 2.15. The molecule has 3 rings (SSSR count). The van der Waals surface area contributed by atoms with Crippen molar-refractivity contribution in [3.63, 3.8) is 0 Å². The third kappa shape index (κ3) is 3.49. The normalized spacial score (nSPS) is 23.7. The molecule has 5 nitrogen and oxygen atoms in total. The number of hydrogen-bond acceptors (Lipinski definition) is 2. The van der Waals surface area contributed by atoms with Gasteiger partial charge >= 0.3 is 6.03 Å². The Bertz CT molecular complexity index is 598. The number of rotatable bonds is 4. The Balaban J connectivity index is 1.81. The molecule has 1 aromatic carbocycles. The van der Waals surface area contributed by atoms with Crippen LogP contribution in [0, 0.1) is 12.8 Å². The smallest absolute Gasteiger partial charge is 0.317 e. The zero-order valence-electron chi connectivity index (χ0n) is 13.8. The summed E-state index contributed by atoms with van der Waals surface area (Å²) >= 11 is 0. The summed E-state index contributed by atoms with van der Waals surface area (Å²) in [6, 6.07) is 8.44. The van der Waals surface area contributed by atoms with E-state index in [9.17, 15) is 9.59 Å². The quantitative estimate of drug-likeness (QED) is 0.893. The highest BCUT2D eigenvalue weighted by molar-refractivity contribution is 5.83. The number of urea groups is 1. The van der Waals surface area contributed by atoms with Crippen LogP contribution >= 0.6 is 0 Å². The minimum absolute atomic E-state index is 0.0672. The molecule has 0 spiro atoms.